The van der Waals surface area contributed by atoms with Crippen LogP contribution in [0.1, 0.15) is 44.0 Å². The van der Waals surface area contributed by atoms with Crippen LogP contribution in [0.25, 0.3) is 0 Å². The number of esters is 2. The summed E-state index contributed by atoms with van der Waals surface area (Å²) >= 11 is 0. The number of carbonyl (C=O) groups is 2. The molecule has 1 heterocycles. The van der Waals surface area contributed by atoms with E-state index >= 15 is 0 Å². The van der Waals surface area contributed by atoms with Crippen LogP contribution in [0.3, 0.4) is 0 Å². The van der Waals surface area contributed by atoms with Gasteiger partial charge in [-0.05, 0) is 37.9 Å². The third-order valence-electron chi connectivity index (χ3n) is 13.5. The summed E-state index contributed by atoms with van der Waals surface area (Å²) < 4.78 is 44.7. The van der Waals surface area contributed by atoms with Gasteiger partial charge < -0.3 is 43.4 Å². The summed E-state index contributed by atoms with van der Waals surface area (Å²) in [7, 11) is 6.51. The highest BCUT2D eigenvalue weighted by atomic mass is 16.6. The lowest BCUT2D eigenvalue weighted by atomic mass is 9.42. The second-order valence-electron chi connectivity index (χ2n) is 14.8. The minimum atomic E-state index is -1.74. The van der Waals surface area contributed by atoms with Crippen LogP contribution in [0.15, 0.2) is 30.3 Å². The molecular formula is C36H51NO11. The van der Waals surface area contributed by atoms with E-state index in [-0.39, 0.29) is 36.9 Å². The molecular weight excluding hydrogens is 622 g/mol. The van der Waals surface area contributed by atoms with Gasteiger partial charge in [0.1, 0.15) is 35.6 Å². The Hall–Kier alpha value is -2.16. The minimum absolute atomic E-state index is 0.170. The molecule has 7 rings (SSSR count). The maximum atomic E-state index is 13.8. The van der Waals surface area contributed by atoms with E-state index in [1.54, 1.807) is 45.6 Å². The summed E-state index contributed by atoms with van der Waals surface area (Å²) in [5, 5.41) is 25.5. The summed E-state index contributed by atoms with van der Waals surface area (Å²) in [5.41, 5.74) is -4.14. The fraction of sp³-hybridized carbons (Fsp3) is 0.778. The molecule has 48 heavy (non-hydrogen) atoms. The minimum Gasteiger partial charge on any atom is -0.462 e. The molecule has 0 aromatic heterocycles. The van der Waals surface area contributed by atoms with Crippen molar-refractivity contribution in [3.05, 3.63) is 35.9 Å². The number of likely N-dealkylation sites (tertiary alicyclic amines) is 1. The van der Waals surface area contributed by atoms with E-state index in [4.69, 9.17) is 33.2 Å². The molecule has 15 atom stereocenters. The van der Waals surface area contributed by atoms with E-state index in [1.807, 2.05) is 13.0 Å². The Morgan fingerprint density at radius 2 is 1.69 bits per heavy atom. The first-order valence-electron chi connectivity index (χ1n) is 17.3. The highest BCUT2D eigenvalue weighted by molar-refractivity contribution is 5.89. The number of nitrogens with zero attached hydrogens (tertiary/aromatic N) is 1. The van der Waals surface area contributed by atoms with Crippen LogP contribution in [0.2, 0.25) is 0 Å². The predicted molar refractivity (Wildman–Crippen MR) is 170 cm³/mol. The number of ether oxygens (including phenoxy) is 7. The van der Waals surface area contributed by atoms with Gasteiger partial charge in [-0.2, -0.15) is 0 Å². The van der Waals surface area contributed by atoms with Crippen molar-refractivity contribution in [3.8, 4) is 0 Å². The van der Waals surface area contributed by atoms with E-state index in [0.717, 1.165) is 0 Å². The number of benzene rings is 1. The summed E-state index contributed by atoms with van der Waals surface area (Å²) in [6.45, 7) is 7.20. The monoisotopic (exact) mass is 673 g/mol. The molecule has 0 amide bonds. The second-order valence-corrected chi connectivity index (χ2v) is 14.8. The lowest BCUT2D eigenvalue weighted by Gasteiger charge is -2.70. The number of hydrogen-bond acceptors (Lipinski definition) is 12. The molecule has 1 spiro atoms. The molecule has 2 N–H and O–H groups in total. The third kappa shape index (κ3) is 4.00. The summed E-state index contributed by atoms with van der Waals surface area (Å²) in [6.07, 6.45) is -4.37. The van der Waals surface area contributed by atoms with Crippen LogP contribution >= 0.6 is 0 Å². The zero-order valence-corrected chi connectivity index (χ0v) is 29.0. The van der Waals surface area contributed by atoms with Crippen molar-refractivity contribution in [2.45, 2.75) is 87.5 Å². The molecule has 0 radical (unpaired) electrons. The van der Waals surface area contributed by atoms with Crippen LogP contribution in [-0.4, -0.2) is 136 Å². The number of fused-ring (bicyclic) bond motifs is 2. The van der Waals surface area contributed by atoms with Crippen LogP contribution in [0, 0.1) is 34.5 Å². The predicted octanol–water partition coefficient (Wildman–Crippen LogP) is 1.69. The Labute approximate surface area is 282 Å². The first kappa shape index (κ1) is 34.3. The number of rotatable bonds is 11. The van der Waals surface area contributed by atoms with Gasteiger partial charge in [0.2, 0.25) is 0 Å². The lowest BCUT2D eigenvalue weighted by molar-refractivity contribution is -0.330. The summed E-state index contributed by atoms with van der Waals surface area (Å²) in [5.74, 6) is -2.72. The number of aliphatic hydroxyl groups is 2. The van der Waals surface area contributed by atoms with Crippen LogP contribution in [0.4, 0.5) is 0 Å². The number of hydrogen-bond donors (Lipinski definition) is 2. The highest BCUT2D eigenvalue weighted by Crippen LogP contribution is 2.80. The molecule has 1 saturated heterocycles. The van der Waals surface area contributed by atoms with Crippen molar-refractivity contribution in [3.63, 3.8) is 0 Å². The molecule has 12 nitrogen and oxygen atoms in total. The average Bonchev–Trinajstić information content (AvgIpc) is 3.44. The van der Waals surface area contributed by atoms with Gasteiger partial charge in [0, 0.05) is 89.6 Å². The van der Waals surface area contributed by atoms with Gasteiger partial charge in [-0.1, -0.05) is 25.1 Å². The van der Waals surface area contributed by atoms with Crippen LogP contribution in [-0.2, 0) is 38.0 Å². The van der Waals surface area contributed by atoms with Gasteiger partial charge in [-0.15, -0.1) is 0 Å². The van der Waals surface area contributed by atoms with Crippen LogP contribution < -0.4 is 0 Å². The van der Waals surface area contributed by atoms with Crippen molar-refractivity contribution in [1.82, 2.24) is 4.90 Å². The van der Waals surface area contributed by atoms with Gasteiger partial charge in [-0.25, -0.2) is 4.79 Å². The van der Waals surface area contributed by atoms with Gasteiger partial charge >= 0.3 is 11.9 Å². The Balaban J connectivity index is 1.51. The Bertz CT molecular complexity index is 1400. The number of carbonyl (C=O) groups excluding carboxylic acids is 2. The zero-order valence-electron chi connectivity index (χ0n) is 29.0. The van der Waals surface area contributed by atoms with E-state index in [0.29, 0.717) is 31.7 Å². The molecule has 5 saturated carbocycles. The fourth-order valence-electron chi connectivity index (χ4n) is 12.7. The average molecular weight is 674 g/mol. The summed E-state index contributed by atoms with van der Waals surface area (Å²) in [6, 6.07) is 8.51. The maximum absolute atomic E-state index is 13.8. The van der Waals surface area contributed by atoms with E-state index in [1.165, 1.54) is 14.0 Å². The molecule has 1 aromatic carbocycles. The number of methoxy groups -OCH3 is 4. The van der Waals surface area contributed by atoms with Crippen LogP contribution in [0.5, 0.6) is 0 Å². The molecule has 7 bridgehead atoms. The maximum Gasteiger partial charge on any atom is 0.338 e. The first-order chi connectivity index (χ1) is 23.0. The largest absolute Gasteiger partial charge is 0.462 e. The van der Waals surface area contributed by atoms with Gasteiger partial charge in [-0.3, -0.25) is 9.69 Å². The zero-order chi connectivity index (χ0) is 34.4. The van der Waals surface area contributed by atoms with Gasteiger partial charge in [0.25, 0.3) is 0 Å². The Morgan fingerprint density at radius 3 is 2.27 bits per heavy atom. The molecule has 6 fully saturated rings. The van der Waals surface area contributed by atoms with Gasteiger partial charge in [0.05, 0.1) is 24.4 Å². The first-order valence-corrected chi connectivity index (χ1v) is 17.3. The van der Waals surface area contributed by atoms with E-state index in [2.05, 4.69) is 11.8 Å². The van der Waals surface area contributed by atoms with Crippen molar-refractivity contribution in [1.29, 1.82) is 0 Å². The van der Waals surface area contributed by atoms with E-state index < -0.39 is 76.5 Å². The Morgan fingerprint density at radius 1 is 0.958 bits per heavy atom. The smallest absolute Gasteiger partial charge is 0.338 e. The van der Waals surface area contributed by atoms with Crippen molar-refractivity contribution < 1.29 is 53.0 Å². The molecule has 1 aliphatic heterocycles. The lowest BCUT2D eigenvalue weighted by Crippen LogP contribution is -2.81. The molecule has 6 aliphatic rings. The molecule has 1 unspecified atom stereocenters. The molecule has 266 valence electrons. The van der Waals surface area contributed by atoms with E-state index in [9.17, 15) is 19.8 Å². The highest BCUT2D eigenvalue weighted by Gasteiger charge is 2.91. The third-order valence-corrected chi connectivity index (χ3v) is 13.5. The molecule has 12 heteroatoms. The van der Waals surface area contributed by atoms with Crippen molar-refractivity contribution >= 4 is 11.9 Å². The van der Waals surface area contributed by atoms with Gasteiger partial charge in [0.15, 0.2) is 0 Å². The summed E-state index contributed by atoms with van der Waals surface area (Å²) in [4.78, 5) is 28.9. The standard InChI is InChI=1S/C36H51NO11/c1-8-37-17-33(18-42-4)22(47-19(3)38)15-23(43-5)35-21-16-34(41)30(48-32(40)20-13-11-10-12-14-20)24(21)36(46-9-2,29(39)31(34)45-7)25(28(35)37)26(44-6)27(33)35/h10-14,21-31,39,41H,8-9,15-18H2,1-7H3/t21-,22-,23+,24-,25?,26+,27-,28-,29+,30-,31+,33+,34-,35+,36-/m1/s1. The quantitative estimate of drug-likeness (QED) is 0.330. The SMILES string of the molecule is CCO[C@@]12C3[C@H](OC)[C@@H]4[C@]5(COC)CN(CC)[C@H]3[C@]4([C@@H](OC)C[C@H]5OC(C)=O)[C@@H]3C[C@@](O)([C@H](OC(=O)c4ccccc4)[C@@H]31)[C@@H](OC)[C@@H]2O. The fourth-order valence-corrected chi connectivity index (χ4v) is 12.7. The molecule has 1 aromatic rings. The number of aliphatic hydroxyl groups excluding tert-OH is 1. The Kier molecular flexibility index (Phi) is 8.55. The second kappa shape index (κ2) is 12.0. The molecule has 5 aliphatic carbocycles. The normalized spacial score (nSPS) is 48.3. The topological polar surface area (TPSA) is 142 Å². The van der Waals surface area contributed by atoms with Crippen molar-refractivity contribution in [2.24, 2.45) is 34.5 Å². The van der Waals surface area contributed by atoms with Crippen molar-refractivity contribution in [2.75, 3.05) is 54.7 Å². The number of piperidine rings is 1.